The molecule has 2 atom stereocenters. The van der Waals surface area contributed by atoms with Gasteiger partial charge in [-0.3, -0.25) is 9.59 Å². The zero-order valence-electron chi connectivity index (χ0n) is 14.9. The van der Waals surface area contributed by atoms with Crippen molar-refractivity contribution >= 4 is 56.1 Å². The summed E-state index contributed by atoms with van der Waals surface area (Å²) in [7, 11) is -3.76. The van der Waals surface area contributed by atoms with Crippen molar-refractivity contribution in [3.63, 3.8) is 0 Å². The van der Waals surface area contributed by atoms with Gasteiger partial charge in [0.15, 0.2) is 21.1 Å². The number of nitrogens with two attached hydrogens (primary N) is 1. The third kappa shape index (κ3) is 5.56. The van der Waals surface area contributed by atoms with E-state index in [9.17, 15) is 22.6 Å². The minimum absolute atomic E-state index is 0. The molecule has 1 aliphatic heterocycles. The molecule has 144 valence electrons. The first kappa shape index (κ1) is 24.1. The van der Waals surface area contributed by atoms with E-state index in [1.807, 2.05) is 0 Å². The van der Waals surface area contributed by atoms with E-state index in [2.05, 4.69) is 20.3 Å². The Balaban J connectivity index is 0.00000364. The van der Waals surface area contributed by atoms with Crippen molar-refractivity contribution in [3.05, 3.63) is 11.1 Å². The molecule has 2 rings (SSSR count). The number of thiazole rings is 1. The number of amides is 2. The van der Waals surface area contributed by atoms with Gasteiger partial charge in [0.05, 0.1) is 0 Å². The molecule has 0 saturated carbocycles. The monoisotopic (exact) mass is 445 g/mol. The Labute approximate surface area is 186 Å². The zero-order chi connectivity index (χ0) is 19.6. The molecule has 11 nitrogen and oxygen atoms in total. The number of nitrogens with zero attached hydrogens (tertiary/aromatic N) is 3. The van der Waals surface area contributed by atoms with Gasteiger partial charge >= 0.3 is 29.6 Å². The first-order valence-electron chi connectivity index (χ1n) is 7.14. The summed E-state index contributed by atoms with van der Waals surface area (Å²) in [6.45, 7) is 3.52. The van der Waals surface area contributed by atoms with E-state index in [4.69, 9.17) is 5.73 Å². The van der Waals surface area contributed by atoms with Gasteiger partial charge in [-0.25, -0.2) is 17.7 Å². The topological polar surface area (TPSA) is 167 Å². The van der Waals surface area contributed by atoms with Crippen LogP contribution in [0.3, 0.4) is 0 Å². The number of aromatic nitrogens is 1. The van der Waals surface area contributed by atoms with Gasteiger partial charge in [0, 0.05) is 10.6 Å². The second kappa shape index (κ2) is 9.54. The van der Waals surface area contributed by atoms with E-state index < -0.39 is 33.5 Å². The molecule has 0 unspecified atom stereocenters. The second-order valence-electron chi connectivity index (χ2n) is 5.31. The Morgan fingerprint density at radius 2 is 2.19 bits per heavy atom. The fraction of sp³-hybridized carbons (Fsp3) is 0.500. The predicted molar refractivity (Wildman–Crippen MR) is 95.1 cm³/mol. The van der Waals surface area contributed by atoms with E-state index in [0.717, 1.165) is 23.1 Å². The van der Waals surface area contributed by atoms with Crippen molar-refractivity contribution in [2.24, 2.45) is 5.16 Å². The summed E-state index contributed by atoms with van der Waals surface area (Å²) in [6.07, 6.45) is 0. The van der Waals surface area contributed by atoms with Gasteiger partial charge in [0.25, 0.3) is 11.8 Å². The number of anilines is 1. The summed E-state index contributed by atoms with van der Waals surface area (Å²) in [5.74, 6) is -1.83. The van der Waals surface area contributed by atoms with Crippen LogP contribution in [0.2, 0.25) is 0 Å². The summed E-state index contributed by atoms with van der Waals surface area (Å²) in [6, 6.07) is -1.20. The number of thioether (sulfide) groups is 1. The molecule has 2 heterocycles. The summed E-state index contributed by atoms with van der Waals surface area (Å²) < 4.78 is 34.0. The number of β-lactam (4-membered cyclic amide) rings is 1. The molecule has 1 saturated heterocycles. The van der Waals surface area contributed by atoms with Crippen LogP contribution in [0.4, 0.5) is 5.13 Å². The molecular formula is C12H16N5NaO6S3. The number of nitrogen functional groups attached to an aromatic ring is 1. The third-order valence-electron chi connectivity index (χ3n) is 3.10. The van der Waals surface area contributed by atoms with Crippen molar-refractivity contribution in [3.8, 4) is 0 Å². The fourth-order valence-corrected chi connectivity index (χ4v) is 4.96. The van der Waals surface area contributed by atoms with Crippen LogP contribution in [-0.2, 0) is 24.7 Å². The van der Waals surface area contributed by atoms with Crippen LogP contribution in [0.5, 0.6) is 0 Å². The average Bonchev–Trinajstić information content (AvgIpc) is 2.94. The SMILES string of the molecule is CO/N=C(/C(=O)N[C@@H]1C(=O)N(S(=O)(=O)[O-])[C@@H]1SC(C)C)c1csc(N)n1.[Na+]. The third-order valence-corrected chi connectivity index (χ3v) is 6.10. The Morgan fingerprint density at radius 3 is 2.63 bits per heavy atom. The van der Waals surface area contributed by atoms with Gasteiger partial charge < -0.3 is 20.4 Å². The molecule has 1 aromatic heterocycles. The molecule has 15 heteroatoms. The normalized spacial score (nSPS) is 20.1. The van der Waals surface area contributed by atoms with Crippen molar-refractivity contribution in [1.82, 2.24) is 14.6 Å². The molecule has 0 radical (unpaired) electrons. The molecule has 1 fully saturated rings. The number of rotatable bonds is 7. The molecule has 1 aromatic rings. The van der Waals surface area contributed by atoms with Crippen LogP contribution in [0.15, 0.2) is 10.5 Å². The summed E-state index contributed by atoms with van der Waals surface area (Å²) >= 11 is 2.14. The van der Waals surface area contributed by atoms with Crippen molar-refractivity contribution < 1.29 is 57.0 Å². The molecule has 3 N–H and O–H groups in total. The molecule has 2 amide bonds. The molecular weight excluding hydrogens is 429 g/mol. The Kier molecular flexibility index (Phi) is 8.53. The van der Waals surface area contributed by atoms with E-state index in [-0.39, 0.29) is 55.6 Å². The average molecular weight is 445 g/mol. The van der Waals surface area contributed by atoms with Gasteiger partial charge in [-0.15, -0.1) is 23.1 Å². The number of hydrogen-bond donors (Lipinski definition) is 2. The van der Waals surface area contributed by atoms with Gasteiger partial charge in [-0.05, 0) is 0 Å². The molecule has 27 heavy (non-hydrogen) atoms. The number of hydrogen-bond acceptors (Lipinski definition) is 11. The Hall–Kier alpha value is -0.900. The predicted octanol–water partition coefficient (Wildman–Crippen LogP) is -3.67. The molecule has 1 aliphatic rings. The Bertz CT molecular complexity index is 842. The van der Waals surface area contributed by atoms with E-state index in [0.29, 0.717) is 0 Å². The second-order valence-corrected chi connectivity index (χ2v) is 9.15. The smallest absolute Gasteiger partial charge is 0.731 e. The summed E-state index contributed by atoms with van der Waals surface area (Å²) in [4.78, 5) is 33.1. The minimum atomic E-state index is -4.98. The maximum absolute atomic E-state index is 12.5. The van der Waals surface area contributed by atoms with Gasteiger partial charge in [-0.2, -0.15) is 0 Å². The molecule has 0 aliphatic carbocycles. The number of carbonyl (C=O) groups excluding carboxylic acids is 2. The van der Waals surface area contributed by atoms with Crippen LogP contribution in [0.1, 0.15) is 19.5 Å². The van der Waals surface area contributed by atoms with Crippen molar-refractivity contribution in [2.45, 2.75) is 30.5 Å². The quantitative estimate of drug-likeness (QED) is 0.141. The van der Waals surface area contributed by atoms with Crippen LogP contribution < -0.4 is 40.6 Å². The summed E-state index contributed by atoms with van der Waals surface area (Å²) in [5, 5.41) is 6.49. The number of oxime groups is 1. The summed E-state index contributed by atoms with van der Waals surface area (Å²) in [5.41, 5.74) is 5.44. The van der Waals surface area contributed by atoms with Crippen LogP contribution in [0.25, 0.3) is 0 Å². The molecule has 0 aromatic carbocycles. The van der Waals surface area contributed by atoms with Gasteiger partial charge in [0.1, 0.15) is 24.2 Å². The van der Waals surface area contributed by atoms with Crippen molar-refractivity contribution in [2.75, 3.05) is 12.8 Å². The maximum atomic E-state index is 12.5. The standard InChI is InChI=1S/C12H17N5O6S3.Na/c1-5(2)25-11-8(10(19)17(11)26(20,21)22)15-9(18)7(16-23-3)6-4-24-12(13)14-6;/h4-5,8,11H,1-3H3,(H2,13,14)(H,15,18)(H,20,21,22);/q;+1/p-1/b16-7+;/t8-,11-;/m1./s1. The number of carbonyl (C=O) groups is 2. The van der Waals surface area contributed by atoms with Gasteiger partial charge in [-0.1, -0.05) is 19.0 Å². The van der Waals surface area contributed by atoms with Crippen LogP contribution in [0, 0.1) is 0 Å². The van der Waals surface area contributed by atoms with Crippen LogP contribution in [-0.4, -0.2) is 63.6 Å². The number of nitrogens with one attached hydrogen (secondary N) is 1. The van der Waals surface area contributed by atoms with Gasteiger partial charge in [0.2, 0.25) is 0 Å². The largest absolute Gasteiger partial charge is 1.00 e. The van der Waals surface area contributed by atoms with E-state index in [1.54, 1.807) is 13.8 Å². The maximum Gasteiger partial charge on any atom is 1.00 e. The van der Waals surface area contributed by atoms with Crippen LogP contribution >= 0.6 is 23.1 Å². The van der Waals surface area contributed by atoms with Crippen molar-refractivity contribution in [1.29, 1.82) is 0 Å². The minimum Gasteiger partial charge on any atom is -0.731 e. The molecule has 0 spiro atoms. The first-order valence-corrected chi connectivity index (χ1v) is 10.3. The van der Waals surface area contributed by atoms with E-state index in [1.165, 1.54) is 12.5 Å². The zero-order valence-corrected chi connectivity index (χ0v) is 19.4. The molecule has 0 bridgehead atoms. The van der Waals surface area contributed by atoms with E-state index >= 15 is 0 Å². The first-order chi connectivity index (χ1) is 12.1. The fourth-order valence-electron chi connectivity index (χ4n) is 2.12. The Morgan fingerprint density at radius 1 is 1.56 bits per heavy atom.